The Kier molecular flexibility index (Phi) is 12.3. The SMILES string of the molecule is CC(=O)Nc1cc(NC(=O)c2ccc(Cl)cc2)ccc1-c1cc(C(F)(F)F)nn1C.Cn1nc(C(F)(F)F)cc1-c1ccc(NC(=O)c2ccc(Cl)cc2)cc1N. The molecular formula is C38H30Cl2F6N8O3. The highest BCUT2D eigenvalue weighted by Gasteiger charge is 2.36. The van der Waals surface area contributed by atoms with Crippen LogP contribution >= 0.6 is 23.2 Å². The van der Waals surface area contributed by atoms with E-state index >= 15 is 0 Å². The predicted octanol–water partition coefficient (Wildman–Crippen LogP) is 9.56. The summed E-state index contributed by atoms with van der Waals surface area (Å²) in [4.78, 5) is 36.2. The summed E-state index contributed by atoms with van der Waals surface area (Å²) in [6.45, 7) is 1.27. The van der Waals surface area contributed by atoms with E-state index in [1.165, 1.54) is 51.4 Å². The maximum absolute atomic E-state index is 13.0. The zero-order valence-corrected chi connectivity index (χ0v) is 31.4. The topological polar surface area (TPSA) is 149 Å². The van der Waals surface area contributed by atoms with E-state index in [1.54, 1.807) is 54.6 Å². The fraction of sp³-hybridized carbons (Fsp3) is 0.132. The van der Waals surface area contributed by atoms with Gasteiger partial charge in [0.25, 0.3) is 11.8 Å². The molecule has 0 aliphatic carbocycles. The number of aryl methyl sites for hydroxylation is 2. The number of alkyl halides is 6. The summed E-state index contributed by atoms with van der Waals surface area (Å²) < 4.78 is 79.7. The molecule has 11 nitrogen and oxygen atoms in total. The largest absolute Gasteiger partial charge is 0.435 e. The van der Waals surface area contributed by atoms with Crippen LogP contribution in [0.5, 0.6) is 0 Å². The molecule has 6 rings (SSSR count). The summed E-state index contributed by atoms with van der Waals surface area (Å²) in [6, 6.07) is 23.4. The summed E-state index contributed by atoms with van der Waals surface area (Å²) >= 11 is 11.6. The second-order valence-corrected chi connectivity index (χ2v) is 13.1. The van der Waals surface area contributed by atoms with Crippen LogP contribution in [0, 0.1) is 0 Å². The molecule has 0 unspecified atom stereocenters. The van der Waals surface area contributed by atoms with E-state index in [0.29, 0.717) is 43.7 Å². The molecule has 0 saturated heterocycles. The van der Waals surface area contributed by atoms with Crippen molar-refractivity contribution < 1.29 is 40.7 Å². The van der Waals surface area contributed by atoms with Gasteiger partial charge in [0.05, 0.1) is 17.1 Å². The van der Waals surface area contributed by atoms with E-state index in [2.05, 4.69) is 26.1 Å². The third-order valence-corrected chi connectivity index (χ3v) is 8.51. The first-order chi connectivity index (χ1) is 26.7. The van der Waals surface area contributed by atoms with Crippen LogP contribution in [0.2, 0.25) is 10.0 Å². The van der Waals surface area contributed by atoms with Gasteiger partial charge in [-0.25, -0.2) is 0 Å². The first-order valence-electron chi connectivity index (χ1n) is 16.4. The maximum Gasteiger partial charge on any atom is 0.435 e. The Morgan fingerprint density at radius 2 is 1.00 bits per heavy atom. The fourth-order valence-electron chi connectivity index (χ4n) is 5.34. The van der Waals surface area contributed by atoms with Crippen molar-refractivity contribution in [2.45, 2.75) is 19.3 Å². The number of benzene rings is 4. The lowest BCUT2D eigenvalue weighted by molar-refractivity contribution is -0.142. The van der Waals surface area contributed by atoms with E-state index in [0.717, 1.165) is 21.5 Å². The molecule has 2 aromatic heterocycles. The van der Waals surface area contributed by atoms with Crippen molar-refractivity contribution in [3.63, 3.8) is 0 Å². The Balaban J connectivity index is 0.000000219. The van der Waals surface area contributed by atoms with Gasteiger partial charge >= 0.3 is 12.4 Å². The number of nitrogens with zero attached hydrogens (tertiary/aromatic N) is 4. The molecule has 2 heterocycles. The number of hydrogen-bond acceptors (Lipinski definition) is 6. The zero-order valence-electron chi connectivity index (χ0n) is 29.9. The highest BCUT2D eigenvalue weighted by atomic mass is 35.5. The van der Waals surface area contributed by atoms with Gasteiger partial charge in [-0.1, -0.05) is 23.2 Å². The average Bonchev–Trinajstić information content (AvgIpc) is 3.72. The van der Waals surface area contributed by atoms with Gasteiger partial charge in [-0.3, -0.25) is 23.7 Å². The van der Waals surface area contributed by atoms with E-state index in [4.69, 9.17) is 28.9 Å². The van der Waals surface area contributed by atoms with Crippen molar-refractivity contribution in [2.24, 2.45) is 14.1 Å². The molecule has 5 N–H and O–H groups in total. The zero-order chi connectivity index (χ0) is 41.8. The van der Waals surface area contributed by atoms with Gasteiger partial charge in [-0.05, 0) is 97.1 Å². The van der Waals surface area contributed by atoms with Crippen molar-refractivity contribution in [2.75, 3.05) is 21.7 Å². The maximum atomic E-state index is 13.0. The van der Waals surface area contributed by atoms with E-state index in [9.17, 15) is 40.7 Å². The van der Waals surface area contributed by atoms with E-state index < -0.39 is 35.6 Å². The van der Waals surface area contributed by atoms with Crippen LogP contribution in [-0.2, 0) is 31.2 Å². The van der Waals surface area contributed by atoms with Gasteiger partial charge in [0.15, 0.2) is 11.4 Å². The number of amides is 3. The quantitative estimate of drug-likeness (QED) is 0.0931. The van der Waals surface area contributed by atoms with E-state index in [-0.39, 0.29) is 28.7 Å². The molecule has 4 aromatic carbocycles. The lowest BCUT2D eigenvalue weighted by Crippen LogP contribution is -2.13. The minimum absolute atomic E-state index is 0.154. The predicted molar refractivity (Wildman–Crippen MR) is 205 cm³/mol. The molecule has 19 heteroatoms. The monoisotopic (exact) mass is 830 g/mol. The van der Waals surface area contributed by atoms with E-state index in [1.807, 2.05) is 0 Å². The van der Waals surface area contributed by atoms with Gasteiger partial charge in [0, 0.05) is 70.4 Å². The molecule has 0 spiro atoms. The van der Waals surface area contributed by atoms with Gasteiger partial charge in [0.1, 0.15) is 0 Å². The van der Waals surface area contributed by atoms with Gasteiger partial charge in [0.2, 0.25) is 5.91 Å². The average molecular weight is 832 g/mol. The molecule has 0 saturated carbocycles. The Bertz CT molecular complexity index is 2450. The standard InChI is InChI=1S/C20H16ClF3N4O2.C18H14ClF3N4O/c1-11(29)25-16-9-14(26-19(30)12-3-5-13(21)6-4-12)7-8-15(16)17-10-18(20(22,23)24)27-28(17)2;1-26-15(9-16(25-26)18(20,21)22)13-7-6-12(8-14(13)23)24-17(27)10-2-4-11(19)5-3-10/h3-10H,1-2H3,(H,25,29)(H,26,30);2-9H,23H2,1H3,(H,24,27). The molecule has 0 aliphatic heterocycles. The molecular weight excluding hydrogens is 801 g/mol. The smallest absolute Gasteiger partial charge is 0.398 e. The second-order valence-electron chi connectivity index (χ2n) is 12.2. The number of rotatable bonds is 7. The number of nitrogen functional groups attached to an aromatic ring is 1. The minimum atomic E-state index is -4.60. The van der Waals surface area contributed by atoms with Gasteiger partial charge in [-0.15, -0.1) is 0 Å². The normalized spacial score (nSPS) is 11.4. The summed E-state index contributed by atoms with van der Waals surface area (Å²) in [6.07, 6.45) is -9.14. The van der Waals surface area contributed by atoms with Crippen molar-refractivity contribution in [1.29, 1.82) is 0 Å². The second kappa shape index (κ2) is 16.8. The molecule has 57 heavy (non-hydrogen) atoms. The van der Waals surface area contributed by atoms with Crippen LogP contribution < -0.4 is 21.7 Å². The van der Waals surface area contributed by atoms with Crippen LogP contribution in [0.15, 0.2) is 97.1 Å². The van der Waals surface area contributed by atoms with Crippen molar-refractivity contribution in [3.8, 4) is 22.5 Å². The third-order valence-electron chi connectivity index (χ3n) is 8.00. The Labute approximate surface area is 330 Å². The van der Waals surface area contributed by atoms with Crippen LogP contribution in [0.3, 0.4) is 0 Å². The van der Waals surface area contributed by atoms with Crippen LogP contribution in [0.4, 0.5) is 49.1 Å². The molecule has 3 amide bonds. The number of nitrogens with two attached hydrogens (primary N) is 1. The minimum Gasteiger partial charge on any atom is -0.398 e. The van der Waals surface area contributed by atoms with Gasteiger partial charge < -0.3 is 21.7 Å². The number of nitrogens with one attached hydrogen (secondary N) is 3. The highest BCUT2D eigenvalue weighted by Crippen LogP contribution is 2.36. The fourth-order valence-corrected chi connectivity index (χ4v) is 5.59. The number of halogens is 8. The number of hydrogen-bond donors (Lipinski definition) is 4. The number of carbonyl (C=O) groups is 3. The van der Waals surface area contributed by atoms with Crippen molar-refractivity contribution in [1.82, 2.24) is 19.6 Å². The summed E-state index contributed by atoms with van der Waals surface area (Å²) in [7, 11) is 2.78. The molecule has 296 valence electrons. The molecule has 0 aliphatic rings. The summed E-state index contributed by atoms with van der Waals surface area (Å²) in [5.74, 6) is -1.19. The number of aromatic nitrogens is 4. The van der Waals surface area contributed by atoms with Crippen molar-refractivity contribution in [3.05, 3.63) is 130 Å². The van der Waals surface area contributed by atoms with Crippen LogP contribution in [-0.4, -0.2) is 37.3 Å². The molecule has 0 fully saturated rings. The Morgan fingerprint density at radius 3 is 1.39 bits per heavy atom. The highest BCUT2D eigenvalue weighted by molar-refractivity contribution is 6.31. The number of anilines is 4. The molecule has 6 aromatic rings. The Hall–Kier alpha value is -6.33. The molecule has 0 atom stereocenters. The van der Waals surface area contributed by atoms with Crippen LogP contribution in [0.25, 0.3) is 22.5 Å². The first-order valence-corrected chi connectivity index (χ1v) is 17.1. The summed E-state index contributed by atoms with van der Waals surface area (Å²) in [5, 5.41) is 15.9. The lowest BCUT2D eigenvalue weighted by Gasteiger charge is -2.13. The molecule has 0 radical (unpaired) electrons. The van der Waals surface area contributed by atoms with Crippen molar-refractivity contribution >= 4 is 63.7 Å². The molecule has 0 bridgehead atoms. The Morgan fingerprint density at radius 1 is 0.596 bits per heavy atom. The lowest BCUT2D eigenvalue weighted by atomic mass is 10.1. The third kappa shape index (κ3) is 10.5. The number of carbonyl (C=O) groups excluding carboxylic acids is 3. The van der Waals surface area contributed by atoms with Gasteiger partial charge in [-0.2, -0.15) is 36.5 Å². The first kappa shape index (κ1) is 41.8. The van der Waals surface area contributed by atoms with Crippen LogP contribution in [0.1, 0.15) is 39.0 Å². The summed E-state index contributed by atoms with van der Waals surface area (Å²) in [5.41, 5.74) is 6.98.